The molecule has 2 aromatic rings. The second-order valence-corrected chi connectivity index (χ2v) is 5.12. The lowest BCUT2D eigenvalue weighted by atomic mass is 9.99. The summed E-state index contributed by atoms with van der Waals surface area (Å²) in [5.74, 6) is 0.721. The number of aromatic amines is 1. The molecule has 2 atom stereocenters. The zero-order chi connectivity index (χ0) is 14.1. The first kappa shape index (κ1) is 13.0. The van der Waals surface area contributed by atoms with E-state index in [0.717, 1.165) is 25.6 Å². The first-order valence-corrected chi connectivity index (χ1v) is 6.70. The fourth-order valence-electron chi connectivity index (χ4n) is 2.51. The Balaban J connectivity index is 1.86. The molecule has 7 heteroatoms. The van der Waals surface area contributed by atoms with E-state index in [9.17, 15) is 4.39 Å². The highest BCUT2D eigenvalue weighted by Gasteiger charge is 2.27. The van der Waals surface area contributed by atoms with Gasteiger partial charge in [0.1, 0.15) is 5.82 Å². The summed E-state index contributed by atoms with van der Waals surface area (Å²) < 4.78 is 13.2. The van der Waals surface area contributed by atoms with Crippen molar-refractivity contribution in [3.05, 3.63) is 24.3 Å². The van der Waals surface area contributed by atoms with Crippen molar-refractivity contribution >= 4 is 5.95 Å². The summed E-state index contributed by atoms with van der Waals surface area (Å²) in [6.45, 7) is 2.96. The van der Waals surface area contributed by atoms with Gasteiger partial charge < -0.3 is 10.6 Å². The largest absolute Gasteiger partial charge is 0.335 e. The first-order valence-electron chi connectivity index (χ1n) is 6.70. The predicted molar refractivity (Wildman–Crippen MR) is 73.6 cm³/mol. The maximum absolute atomic E-state index is 13.2. The molecular weight excluding hydrogens is 259 g/mol. The van der Waals surface area contributed by atoms with Crippen LogP contribution in [0.3, 0.4) is 0 Å². The smallest absolute Gasteiger partial charge is 0.245 e. The maximum Gasteiger partial charge on any atom is 0.245 e. The molecule has 0 radical (unpaired) electrons. The third-order valence-electron chi connectivity index (χ3n) is 3.76. The SMILES string of the molecule is CC1C(N)CCCN1c1n[nH]c(-c2cncc(F)c2)n1. The molecule has 3 N–H and O–H groups in total. The zero-order valence-electron chi connectivity index (χ0n) is 11.3. The number of anilines is 1. The van der Waals surface area contributed by atoms with Crippen LogP contribution in [0.1, 0.15) is 19.8 Å². The van der Waals surface area contributed by atoms with Gasteiger partial charge in [0.2, 0.25) is 5.95 Å². The third kappa shape index (κ3) is 2.36. The summed E-state index contributed by atoms with van der Waals surface area (Å²) in [5.41, 5.74) is 6.66. The van der Waals surface area contributed by atoms with Crippen LogP contribution in [0.5, 0.6) is 0 Å². The Morgan fingerprint density at radius 2 is 2.30 bits per heavy atom. The number of nitrogens with one attached hydrogen (secondary N) is 1. The van der Waals surface area contributed by atoms with E-state index < -0.39 is 5.82 Å². The van der Waals surface area contributed by atoms with Gasteiger partial charge in [-0.1, -0.05) is 0 Å². The number of nitrogens with zero attached hydrogens (tertiary/aromatic N) is 4. The standard InChI is InChI=1S/C13H17FN6/c1-8-11(15)3-2-4-20(8)13-17-12(18-19-13)9-5-10(14)7-16-6-9/h5-8,11H,2-4,15H2,1H3,(H,17,18,19). The van der Waals surface area contributed by atoms with E-state index in [-0.39, 0.29) is 12.1 Å². The summed E-state index contributed by atoms with van der Waals surface area (Å²) in [6.07, 6.45) is 4.75. The lowest BCUT2D eigenvalue weighted by molar-refractivity contribution is 0.416. The Kier molecular flexibility index (Phi) is 3.35. The number of piperidine rings is 1. The molecule has 2 aromatic heterocycles. The molecule has 2 unspecified atom stereocenters. The van der Waals surface area contributed by atoms with E-state index in [2.05, 4.69) is 32.0 Å². The first-order chi connectivity index (χ1) is 9.65. The molecule has 1 fully saturated rings. The summed E-state index contributed by atoms with van der Waals surface area (Å²) in [7, 11) is 0. The fourth-order valence-corrected chi connectivity index (χ4v) is 2.51. The lowest BCUT2D eigenvalue weighted by Gasteiger charge is -2.36. The van der Waals surface area contributed by atoms with E-state index in [0.29, 0.717) is 17.3 Å². The van der Waals surface area contributed by atoms with Gasteiger partial charge in [-0.05, 0) is 25.8 Å². The number of halogens is 1. The van der Waals surface area contributed by atoms with Crippen LogP contribution in [0.15, 0.2) is 18.5 Å². The Labute approximate surface area is 116 Å². The van der Waals surface area contributed by atoms with Gasteiger partial charge in [-0.25, -0.2) is 4.39 Å². The van der Waals surface area contributed by atoms with Crippen LogP contribution in [0.25, 0.3) is 11.4 Å². The average Bonchev–Trinajstić information content (AvgIpc) is 2.91. The second kappa shape index (κ2) is 5.16. The molecule has 20 heavy (non-hydrogen) atoms. The minimum atomic E-state index is -0.395. The average molecular weight is 276 g/mol. The third-order valence-corrected chi connectivity index (χ3v) is 3.76. The number of hydrogen-bond donors (Lipinski definition) is 2. The van der Waals surface area contributed by atoms with Crippen molar-refractivity contribution in [2.24, 2.45) is 5.73 Å². The molecule has 0 bridgehead atoms. The minimum absolute atomic E-state index is 0.126. The van der Waals surface area contributed by atoms with Gasteiger partial charge in [0, 0.05) is 30.4 Å². The van der Waals surface area contributed by atoms with Crippen molar-refractivity contribution in [3.8, 4) is 11.4 Å². The fraction of sp³-hybridized carbons (Fsp3) is 0.462. The highest BCUT2D eigenvalue weighted by Crippen LogP contribution is 2.23. The molecule has 1 aliphatic rings. The Bertz CT molecular complexity index is 598. The summed E-state index contributed by atoms with van der Waals surface area (Å²) in [6, 6.07) is 1.70. The van der Waals surface area contributed by atoms with E-state index in [1.165, 1.54) is 6.07 Å². The van der Waals surface area contributed by atoms with Gasteiger partial charge in [-0.3, -0.25) is 10.1 Å². The number of H-pyrrole nitrogens is 1. The zero-order valence-corrected chi connectivity index (χ0v) is 11.3. The van der Waals surface area contributed by atoms with E-state index in [1.54, 1.807) is 6.20 Å². The van der Waals surface area contributed by atoms with Crippen LogP contribution in [0, 0.1) is 5.82 Å². The molecule has 106 valence electrons. The predicted octanol–water partition coefficient (Wildman–Crippen LogP) is 1.32. The molecule has 0 aromatic carbocycles. The van der Waals surface area contributed by atoms with Crippen LogP contribution in [-0.4, -0.2) is 38.8 Å². The number of rotatable bonds is 2. The van der Waals surface area contributed by atoms with Gasteiger partial charge in [0.15, 0.2) is 5.82 Å². The molecule has 6 nitrogen and oxygen atoms in total. The Hall–Kier alpha value is -2.02. The van der Waals surface area contributed by atoms with Crippen molar-refractivity contribution in [2.45, 2.75) is 31.8 Å². The highest BCUT2D eigenvalue weighted by molar-refractivity contribution is 5.55. The van der Waals surface area contributed by atoms with Crippen molar-refractivity contribution in [3.63, 3.8) is 0 Å². The monoisotopic (exact) mass is 276 g/mol. The van der Waals surface area contributed by atoms with Gasteiger partial charge in [-0.15, -0.1) is 5.10 Å². The highest BCUT2D eigenvalue weighted by atomic mass is 19.1. The number of hydrogen-bond acceptors (Lipinski definition) is 5. The normalized spacial score (nSPS) is 23.1. The molecule has 3 heterocycles. The van der Waals surface area contributed by atoms with Crippen molar-refractivity contribution in [2.75, 3.05) is 11.4 Å². The number of nitrogens with two attached hydrogens (primary N) is 1. The second-order valence-electron chi connectivity index (χ2n) is 5.12. The summed E-state index contributed by atoms with van der Waals surface area (Å²) in [4.78, 5) is 10.3. The summed E-state index contributed by atoms with van der Waals surface area (Å²) >= 11 is 0. The van der Waals surface area contributed by atoms with Crippen molar-refractivity contribution in [1.82, 2.24) is 20.2 Å². The molecule has 0 amide bonds. The van der Waals surface area contributed by atoms with Crippen LogP contribution in [-0.2, 0) is 0 Å². The topological polar surface area (TPSA) is 83.7 Å². The molecule has 0 aliphatic carbocycles. The lowest BCUT2D eigenvalue weighted by Crippen LogP contribution is -2.50. The van der Waals surface area contributed by atoms with Gasteiger partial charge in [-0.2, -0.15) is 4.98 Å². The quantitative estimate of drug-likeness (QED) is 0.864. The molecular formula is C13H17FN6. The molecule has 1 aliphatic heterocycles. The number of pyridine rings is 1. The van der Waals surface area contributed by atoms with Gasteiger partial charge in [0.05, 0.1) is 6.20 Å². The van der Waals surface area contributed by atoms with Gasteiger partial charge >= 0.3 is 0 Å². The summed E-state index contributed by atoms with van der Waals surface area (Å²) in [5, 5.41) is 7.05. The van der Waals surface area contributed by atoms with Crippen LogP contribution >= 0.6 is 0 Å². The number of aromatic nitrogens is 4. The van der Waals surface area contributed by atoms with Crippen LogP contribution in [0.2, 0.25) is 0 Å². The molecule has 3 rings (SSSR count). The minimum Gasteiger partial charge on any atom is -0.335 e. The molecule has 0 spiro atoms. The maximum atomic E-state index is 13.2. The Morgan fingerprint density at radius 1 is 1.45 bits per heavy atom. The molecule has 0 saturated carbocycles. The Morgan fingerprint density at radius 3 is 3.10 bits per heavy atom. The van der Waals surface area contributed by atoms with Crippen LogP contribution < -0.4 is 10.6 Å². The molecule has 1 saturated heterocycles. The van der Waals surface area contributed by atoms with E-state index in [1.807, 2.05) is 0 Å². The van der Waals surface area contributed by atoms with E-state index in [4.69, 9.17) is 5.73 Å². The van der Waals surface area contributed by atoms with Gasteiger partial charge in [0.25, 0.3) is 0 Å². The van der Waals surface area contributed by atoms with Crippen LogP contribution in [0.4, 0.5) is 10.3 Å². The van der Waals surface area contributed by atoms with E-state index >= 15 is 0 Å². The van der Waals surface area contributed by atoms with Crippen molar-refractivity contribution < 1.29 is 4.39 Å². The van der Waals surface area contributed by atoms with Crippen molar-refractivity contribution in [1.29, 1.82) is 0 Å².